The zero-order valence-electron chi connectivity index (χ0n) is 20.9. The van der Waals surface area contributed by atoms with E-state index in [0.717, 1.165) is 18.9 Å². The molecule has 6 rings (SSSR count). The molecule has 0 saturated heterocycles. The first kappa shape index (κ1) is 26.5. The molecule has 1 aliphatic carbocycles. The third-order valence-corrected chi connectivity index (χ3v) is 6.52. The molecule has 5 aromatic rings. The number of nitrogens with two attached hydrogens (primary N) is 1. The molecule has 0 amide bonds. The molecule has 11 heteroatoms. The van der Waals surface area contributed by atoms with E-state index in [1.807, 2.05) is 0 Å². The molecular formula is C28H25F4N5O2. The standard InChI is InChI=1S/C24H17F4N5O.C4H8O/c1-33-12-30-32-22(33)18-10-16(25)5-6-17(18)14-3-2-4-15(9-14)23-31-20-8-13(11-29)7-19(21(20)34-23)24(26,27)28;5-4-2-1-3-4/h2-10,12H,11,29H2,1H3;4-5H,1-3H2. The van der Waals surface area contributed by atoms with E-state index < -0.39 is 17.6 Å². The number of aromatic nitrogens is 4. The van der Waals surface area contributed by atoms with Gasteiger partial charge in [0, 0.05) is 24.7 Å². The average molecular weight is 540 g/mol. The van der Waals surface area contributed by atoms with Crippen LogP contribution in [0.25, 0.3) is 45.1 Å². The molecular weight excluding hydrogens is 514 g/mol. The molecule has 2 aromatic heterocycles. The topological polar surface area (TPSA) is 103 Å². The first-order valence-corrected chi connectivity index (χ1v) is 12.3. The van der Waals surface area contributed by atoms with Crippen LogP contribution >= 0.6 is 0 Å². The van der Waals surface area contributed by atoms with Gasteiger partial charge in [-0.25, -0.2) is 9.37 Å². The lowest BCUT2D eigenvalue weighted by Gasteiger charge is -2.17. The van der Waals surface area contributed by atoms with Crippen molar-refractivity contribution in [1.29, 1.82) is 0 Å². The average Bonchev–Trinajstić information content (AvgIpc) is 3.52. The summed E-state index contributed by atoms with van der Waals surface area (Å²) in [6.07, 6.45) is 0.268. The number of aliphatic hydroxyl groups is 1. The normalized spacial score (nSPS) is 13.7. The predicted octanol–water partition coefficient (Wildman–Crippen LogP) is 6.11. The highest BCUT2D eigenvalue weighted by molar-refractivity contribution is 5.84. The van der Waals surface area contributed by atoms with Gasteiger partial charge in [-0.05, 0) is 72.4 Å². The van der Waals surface area contributed by atoms with Gasteiger partial charge in [0.1, 0.15) is 23.2 Å². The van der Waals surface area contributed by atoms with Crippen LogP contribution in [0.2, 0.25) is 0 Å². The number of fused-ring (bicyclic) bond motifs is 1. The Hall–Kier alpha value is -4.09. The van der Waals surface area contributed by atoms with Gasteiger partial charge in [-0.1, -0.05) is 18.2 Å². The predicted molar refractivity (Wildman–Crippen MR) is 138 cm³/mol. The summed E-state index contributed by atoms with van der Waals surface area (Å²) in [6.45, 7) is -0.0634. The first-order valence-electron chi connectivity index (χ1n) is 12.3. The molecule has 0 atom stereocenters. The third kappa shape index (κ3) is 5.55. The van der Waals surface area contributed by atoms with Gasteiger partial charge >= 0.3 is 6.18 Å². The quantitative estimate of drug-likeness (QED) is 0.267. The number of hydrogen-bond acceptors (Lipinski definition) is 6. The lowest BCUT2D eigenvalue weighted by molar-refractivity contribution is -0.136. The lowest BCUT2D eigenvalue weighted by atomic mass is 9.97. The highest BCUT2D eigenvalue weighted by atomic mass is 19.4. The Kier molecular flexibility index (Phi) is 7.19. The van der Waals surface area contributed by atoms with Crippen LogP contribution in [0.3, 0.4) is 0 Å². The van der Waals surface area contributed by atoms with Gasteiger partial charge in [0.15, 0.2) is 11.4 Å². The second kappa shape index (κ2) is 10.6. The van der Waals surface area contributed by atoms with Crippen LogP contribution in [0.1, 0.15) is 30.4 Å². The summed E-state index contributed by atoms with van der Waals surface area (Å²) >= 11 is 0. The highest BCUT2D eigenvalue weighted by Crippen LogP contribution is 2.39. The Morgan fingerprint density at radius 1 is 1.05 bits per heavy atom. The Labute approximate surface area is 220 Å². The second-order valence-electron chi connectivity index (χ2n) is 9.33. The fraction of sp³-hybridized carbons (Fsp3) is 0.250. The van der Waals surface area contributed by atoms with Gasteiger partial charge in [-0.3, -0.25) is 0 Å². The molecule has 39 heavy (non-hydrogen) atoms. The van der Waals surface area contributed by atoms with Gasteiger partial charge in [0.2, 0.25) is 5.89 Å². The molecule has 7 nitrogen and oxygen atoms in total. The Bertz CT molecular complexity index is 1620. The minimum absolute atomic E-state index is 0.0267. The number of halogens is 4. The molecule has 1 aliphatic rings. The van der Waals surface area contributed by atoms with Crippen molar-refractivity contribution < 1.29 is 27.1 Å². The lowest BCUT2D eigenvalue weighted by Crippen LogP contribution is -2.15. The van der Waals surface area contributed by atoms with E-state index in [-0.39, 0.29) is 29.6 Å². The maximum Gasteiger partial charge on any atom is 0.420 e. The zero-order chi connectivity index (χ0) is 27.7. The number of aryl methyl sites for hydroxylation is 1. The van der Waals surface area contributed by atoms with Crippen LogP contribution in [0.15, 0.2) is 65.3 Å². The Morgan fingerprint density at radius 3 is 2.41 bits per heavy atom. The molecule has 0 radical (unpaired) electrons. The van der Waals surface area contributed by atoms with E-state index in [2.05, 4.69) is 15.2 Å². The maximum atomic E-state index is 14.1. The van der Waals surface area contributed by atoms with Crippen molar-refractivity contribution in [2.45, 2.75) is 38.1 Å². The highest BCUT2D eigenvalue weighted by Gasteiger charge is 2.35. The summed E-state index contributed by atoms with van der Waals surface area (Å²) in [7, 11) is 1.74. The van der Waals surface area contributed by atoms with Crippen molar-refractivity contribution in [3.63, 3.8) is 0 Å². The number of aliphatic hydroxyl groups excluding tert-OH is 1. The fourth-order valence-electron chi connectivity index (χ4n) is 4.23. The Morgan fingerprint density at radius 2 is 1.79 bits per heavy atom. The van der Waals surface area contributed by atoms with E-state index in [9.17, 15) is 17.6 Å². The molecule has 1 saturated carbocycles. The molecule has 0 bridgehead atoms. The van der Waals surface area contributed by atoms with Gasteiger partial charge < -0.3 is 19.8 Å². The number of benzene rings is 3. The summed E-state index contributed by atoms with van der Waals surface area (Å²) < 4.78 is 62.1. The van der Waals surface area contributed by atoms with Crippen LogP contribution < -0.4 is 5.73 Å². The fourth-order valence-corrected chi connectivity index (χ4v) is 4.23. The summed E-state index contributed by atoms with van der Waals surface area (Å²) in [6, 6.07) is 13.7. The van der Waals surface area contributed by atoms with Crippen molar-refractivity contribution in [2.24, 2.45) is 12.8 Å². The van der Waals surface area contributed by atoms with E-state index in [0.29, 0.717) is 33.6 Å². The first-order chi connectivity index (χ1) is 18.6. The van der Waals surface area contributed by atoms with Crippen LogP contribution in [-0.2, 0) is 19.8 Å². The summed E-state index contributed by atoms with van der Waals surface area (Å²) in [5, 5.41) is 16.4. The molecule has 0 aliphatic heterocycles. The summed E-state index contributed by atoms with van der Waals surface area (Å²) in [5.41, 5.74) is 6.97. The van der Waals surface area contributed by atoms with E-state index in [1.165, 1.54) is 30.9 Å². The number of nitrogens with zero attached hydrogens (tertiary/aromatic N) is 4. The summed E-state index contributed by atoms with van der Waals surface area (Å²) in [5.74, 6) is 0.0528. The molecule has 3 N–H and O–H groups in total. The van der Waals surface area contributed by atoms with Crippen molar-refractivity contribution in [3.8, 4) is 34.0 Å². The van der Waals surface area contributed by atoms with Crippen LogP contribution in [0.5, 0.6) is 0 Å². The van der Waals surface area contributed by atoms with E-state index in [4.69, 9.17) is 15.3 Å². The Balaban J connectivity index is 0.000000555. The third-order valence-electron chi connectivity index (χ3n) is 6.52. The molecule has 202 valence electrons. The van der Waals surface area contributed by atoms with Crippen molar-refractivity contribution >= 4 is 11.1 Å². The van der Waals surface area contributed by atoms with Gasteiger partial charge in [-0.2, -0.15) is 13.2 Å². The minimum atomic E-state index is -4.62. The molecule has 3 aromatic carbocycles. The van der Waals surface area contributed by atoms with Crippen molar-refractivity contribution in [1.82, 2.24) is 19.7 Å². The van der Waals surface area contributed by atoms with Gasteiger partial charge in [-0.15, -0.1) is 10.2 Å². The molecule has 2 heterocycles. The van der Waals surface area contributed by atoms with Crippen LogP contribution in [-0.4, -0.2) is 31.0 Å². The number of hydrogen-bond donors (Lipinski definition) is 2. The minimum Gasteiger partial charge on any atom is -0.435 e. The number of oxazole rings is 1. The smallest absolute Gasteiger partial charge is 0.420 e. The monoisotopic (exact) mass is 539 g/mol. The largest absolute Gasteiger partial charge is 0.435 e. The maximum absolute atomic E-state index is 14.1. The van der Waals surface area contributed by atoms with Crippen LogP contribution in [0, 0.1) is 5.82 Å². The van der Waals surface area contributed by atoms with Gasteiger partial charge in [0.05, 0.1) is 6.10 Å². The van der Waals surface area contributed by atoms with Crippen LogP contribution in [0.4, 0.5) is 17.6 Å². The van der Waals surface area contributed by atoms with Gasteiger partial charge in [0.25, 0.3) is 0 Å². The molecule has 0 spiro atoms. The molecule has 0 unspecified atom stereocenters. The SMILES string of the molecule is Cn1cnnc1-c1cc(F)ccc1-c1cccc(-c2nc3cc(CN)cc(C(F)(F)F)c3o2)c1.OC1CCC1. The number of alkyl halides is 3. The summed E-state index contributed by atoms with van der Waals surface area (Å²) in [4.78, 5) is 4.29. The van der Waals surface area contributed by atoms with E-state index in [1.54, 1.807) is 41.9 Å². The molecule has 1 fully saturated rings. The van der Waals surface area contributed by atoms with E-state index >= 15 is 0 Å². The number of rotatable bonds is 4. The van der Waals surface area contributed by atoms with Crippen molar-refractivity contribution in [2.75, 3.05) is 0 Å². The second-order valence-corrected chi connectivity index (χ2v) is 9.33. The van der Waals surface area contributed by atoms with Crippen molar-refractivity contribution in [3.05, 3.63) is 77.9 Å². The zero-order valence-corrected chi connectivity index (χ0v) is 20.9.